The summed E-state index contributed by atoms with van der Waals surface area (Å²) in [5.74, 6) is -0.985. The highest BCUT2D eigenvalue weighted by molar-refractivity contribution is 5.98. The number of benzene rings is 2. The normalized spacial score (nSPS) is 13.0. The first-order valence-electron chi connectivity index (χ1n) is 6.66. The molecule has 0 radical (unpaired) electrons. The van der Waals surface area contributed by atoms with Crippen LogP contribution < -0.4 is 11.1 Å². The zero-order valence-electron chi connectivity index (χ0n) is 11.0. The number of carboxylic acids is 1. The van der Waals surface area contributed by atoms with E-state index in [1.54, 1.807) is 18.2 Å². The molecule has 2 aromatic carbocycles. The number of hydrogen-bond acceptors (Lipinski definition) is 3. The van der Waals surface area contributed by atoms with Crippen LogP contribution in [0.15, 0.2) is 36.4 Å². The zero-order chi connectivity index (χ0) is 14.1. The summed E-state index contributed by atoms with van der Waals surface area (Å²) in [6.45, 7) is 0. The second-order valence-corrected chi connectivity index (χ2v) is 5.04. The number of nitrogen functional groups attached to an aromatic ring is 1. The van der Waals surface area contributed by atoms with Gasteiger partial charge < -0.3 is 16.2 Å². The minimum Gasteiger partial charge on any atom is -0.478 e. The topological polar surface area (TPSA) is 75.4 Å². The van der Waals surface area contributed by atoms with E-state index in [9.17, 15) is 9.90 Å². The van der Waals surface area contributed by atoms with Crippen molar-refractivity contribution in [3.63, 3.8) is 0 Å². The second-order valence-electron chi connectivity index (χ2n) is 5.04. The SMILES string of the molecule is Nc1cccc(C(=O)O)c1Nc1ccc2c(c1)CCC2. The summed E-state index contributed by atoms with van der Waals surface area (Å²) < 4.78 is 0. The van der Waals surface area contributed by atoms with Gasteiger partial charge in [0.2, 0.25) is 0 Å². The van der Waals surface area contributed by atoms with Crippen LogP contribution in [0.1, 0.15) is 27.9 Å². The molecule has 0 bridgehead atoms. The van der Waals surface area contributed by atoms with Gasteiger partial charge in [-0.2, -0.15) is 0 Å². The van der Waals surface area contributed by atoms with E-state index in [-0.39, 0.29) is 5.56 Å². The molecule has 2 aromatic rings. The van der Waals surface area contributed by atoms with E-state index in [1.807, 2.05) is 6.07 Å². The van der Waals surface area contributed by atoms with Crippen LogP contribution in [0.4, 0.5) is 17.1 Å². The number of aryl methyl sites for hydroxylation is 2. The lowest BCUT2D eigenvalue weighted by Gasteiger charge is -2.13. The van der Waals surface area contributed by atoms with Crippen molar-refractivity contribution in [2.45, 2.75) is 19.3 Å². The van der Waals surface area contributed by atoms with Crippen molar-refractivity contribution in [3.05, 3.63) is 53.1 Å². The smallest absolute Gasteiger partial charge is 0.337 e. The minimum absolute atomic E-state index is 0.186. The number of hydrogen-bond donors (Lipinski definition) is 3. The molecule has 0 amide bonds. The molecule has 4 heteroatoms. The van der Waals surface area contributed by atoms with E-state index in [1.165, 1.54) is 17.5 Å². The Labute approximate surface area is 117 Å². The van der Waals surface area contributed by atoms with Crippen LogP contribution in [0, 0.1) is 0 Å². The molecule has 0 saturated heterocycles. The fraction of sp³-hybridized carbons (Fsp3) is 0.188. The van der Waals surface area contributed by atoms with E-state index >= 15 is 0 Å². The number of nitrogens with two attached hydrogens (primary N) is 1. The lowest BCUT2D eigenvalue weighted by Crippen LogP contribution is -2.05. The number of para-hydroxylation sites is 1. The highest BCUT2D eigenvalue weighted by Gasteiger charge is 2.15. The van der Waals surface area contributed by atoms with Crippen LogP contribution >= 0.6 is 0 Å². The largest absolute Gasteiger partial charge is 0.478 e. The van der Waals surface area contributed by atoms with Gasteiger partial charge in [0.25, 0.3) is 0 Å². The summed E-state index contributed by atoms with van der Waals surface area (Å²) in [6.07, 6.45) is 3.40. The summed E-state index contributed by atoms with van der Waals surface area (Å²) >= 11 is 0. The Kier molecular flexibility index (Phi) is 3.06. The molecule has 0 atom stereocenters. The Bertz CT molecular complexity index is 680. The number of nitrogens with one attached hydrogen (secondary N) is 1. The maximum atomic E-state index is 11.3. The molecule has 0 heterocycles. The van der Waals surface area contributed by atoms with Gasteiger partial charge in [-0.05, 0) is 54.7 Å². The first-order valence-corrected chi connectivity index (χ1v) is 6.66. The molecule has 3 rings (SSSR count). The lowest BCUT2D eigenvalue weighted by molar-refractivity contribution is 0.0698. The van der Waals surface area contributed by atoms with Crippen LogP contribution in [0.5, 0.6) is 0 Å². The maximum absolute atomic E-state index is 11.3. The molecule has 1 aliphatic rings. The Morgan fingerprint density at radius 3 is 2.75 bits per heavy atom. The molecule has 0 aliphatic heterocycles. The fourth-order valence-electron chi connectivity index (χ4n) is 2.68. The van der Waals surface area contributed by atoms with Gasteiger partial charge in [-0.15, -0.1) is 0 Å². The fourth-order valence-corrected chi connectivity index (χ4v) is 2.68. The van der Waals surface area contributed by atoms with Crippen LogP contribution in [0.25, 0.3) is 0 Å². The number of carbonyl (C=O) groups is 1. The van der Waals surface area contributed by atoms with E-state index in [2.05, 4.69) is 17.4 Å². The Morgan fingerprint density at radius 1 is 1.15 bits per heavy atom. The van der Waals surface area contributed by atoms with E-state index in [4.69, 9.17) is 5.73 Å². The third-order valence-corrected chi connectivity index (χ3v) is 3.69. The molecule has 0 spiro atoms. The molecule has 0 saturated carbocycles. The van der Waals surface area contributed by atoms with Gasteiger partial charge in [-0.3, -0.25) is 0 Å². The Balaban J connectivity index is 1.97. The number of aromatic carboxylic acids is 1. The van der Waals surface area contributed by atoms with Crippen molar-refractivity contribution in [3.8, 4) is 0 Å². The van der Waals surface area contributed by atoms with Crippen LogP contribution in [0.2, 0.25) is 0 Å². The molecule has 0 aromatic heterocycles. The van der Waals surface area contributed by atoms with Gasteiger partial charge in [0.05, 0.1) is 16.9 Å². The predicted octanol–water partition coefficient (Wildman–Crippen LogP) is 3.20. The molecule has 4 N–H and O–H groups in total. The van der Waals surface area contributed by atoms with Gasteiger partial charge in [-0.1, -0.05) is 12.1 Å². The second kappa shape index (κ2) is 4.89. The molecule has 20 heavy (non-hydrogen) atoms. The van der Waals surface area contributed by atoms with Gasteiger partial charge >= 0.3 is 5.97 Å². The van der Waals surface area contributed by atoms with Crippen LogP contribution in [-0.4, -0.2) is 11.1 Å². The lowest BCUT2D eigenvalue weighted by atomic mass is 10.1. The first-order chi connectivity index (χ1) is 9.65. The van der Waals surface area contributed by atoms with E-state index in [0.29, 0.717) is 11.4 Å². The quantitative estimate of drug-likeness (QED) is 0.747. The third kappa shape index (κ3) is 2.20. The minimum atomic E-state index is -0.985. The summed E-state index contributed by atoms with van der Waals surface area (Å²) in [5, 5.41) is 12.4. The van der Waals surface area contributed by atoms with Crippen molar-refractivity contribution in [1.82, 2.24) is 0 Å². The molecule has 0 fully saturated rings. The molecule has 4 nitrogen and oxygen atoms in total. The maximum Gasteiger partial charge on any atom is 0.337 e. The number of fused-ring (bicyclic) bond motifs is 1. The summed E-state index contributed by atoms with van der Waals surface area (Å²) in [7, 11) is 0. The molecular weight excluding hydrogens is 252 g/mol. The highest BCUT2D eigenvalue weighted by atomic mass is 16.4. The summed E-state index contributed by atoms with van der Waals surface area (Å²) in [6, 6.07) is 11.1. The van der Waals surface area contributed by atoms with Crippen molar-refractivity contribution < 1.29 is 9.90 Å². The van der Waals surface area contributed by atoms with Crippen LogP contribution in [0.3, 0.4) is 0 Å². The van der Waals surface area contributed by atoms with Gasteiger partial charge in [0.1, 0.15) is 0 Å². The average molecular weight is 268 g/mol. The summed E-state index contributed by atoms with van der Waals surface area (Å²) in [5.41, 5.74) is 10.6. The third-order valence-electron chi connectivity index (χ3n) is 3.69. The first kappa shape index (κ1) is 12.5. The van der Waals surface area contributed by atoms with E-state index in [0.717, 1.165) is 18.5 Å². The monoisotopic (exact) mass is 268 g/mol. The van der Waals surface area contributed by atoms with Gasteiger partial charge in [0, 0.05) is 5.69 Å². The van der Waals surface area contributed by atoms with Crippen molar-refractivity contribution in [2.75, 3.05) is 11.1 Å². The Morgan fingerprint density at radius 2 is 1.95 bits per heavy atom. The Hall–Kier alpha value is -2.49. The number of carboxylic acid groups (broad SMARTS) is 1. The van der Waals surface area contributed by atoms with Crippen molar-refractivity contribution >= 4 is 23.0 Å². The number of rotatable bonds is 3. The summed E-state index contributed by atoms with van der Waals surface area (Å²) in [4.78, 5) is 11.3. The van der Waals surface area contributed by atoms with E-state index < -0.39 is 5.97 Å². The average Bonchev–Trinajstić information content (AvgIpc) is 2.88. The molecule has 102 valence electrons. The van der Waals surface area contributed by atoms with Crippen LogP contribution in [-0.2, 0) is 12.8 Å². The van der Waals surface area contributed by atoms with Gasteiger partial charge in [0.15, 0.2) is 0 Å². The predicted molar refractivity (Wildman–Crippen MR) is 79.6 cm³/mol. The zero-order valence-corrected chi connectivity index (χ0v) is 11.0. The van der Waals surface area contributed by atoms with Gasteiger partial charge in [-0.25, -0.2) is 4.79 Å². The standard InChI is InChI=1S/C16H16N2O2/c17-14-6-2-5-13(16(19)20)15(14)18-12-8-7-10-3-1-4-11(10)9-12/h2,5-9,18H,1,3-4,17H2,(H,19,20). The highest BCUT2D eigenvalue weighted by Crippen LogP contribution is 2.30. The van der Waals surface area contributed by atoms with Crippen molar-refractivity contribution in [2.24, 2.45) is 0 Å². The molecular formula is C16H16N2O2. The van der Waals surface area contributed by atoms with Crippen molar-refractivity contribution in [1.29, 1.82) is 0 Å². The molecule has 1 aliphatic carbocycles. The molecule has 0 unspecified atom stereocenters. The number of anilines is 3.